The topological polar surface area (TPSA) is 21.3 Å². The van der Waals surface area contributed by atoms with E-state index in [0.29, 0.717) is 11.5 Å². The second kappa shape index (κ2) is 2.46. The molecule has 2 heteroatoms. The normalized spacial score (nSPS) is 39.8. The summed E-state index contributed by atoms with van der Waals surface area (Å²) >= 11 is 0. The molecule has 2 nitrogen and oxygen atoms in total. The average molecular weight is 155 g/mol. The number of rotatable bonds is 2. The monoisotopic (exact) mass is 155 g/mol. The van der Waals surface area contributed by atoms with Gasteiger partial charge in [-0.1, -0.05) is 6.42 Å². The van der Waals surface area contributed by atoms with Crippen LogP contribution in [0.2, 0.25) is 0 Å². The highest BCUT2D eigenvalue weighted by Crippen LogP contribution is 2.56. The van der Waals surface area contributed by atoms with Crippen LogP contribution >= 0.6 is 0 Å². The third kappa shape index (κ3) is 0.798. The Balaban J connectivity index is 2.01. The molecule has 2 rings (SSSR count). The maximum Gasteiger partial charge on any atom is 0.0657 e. The van der Waals surface area contributed by atoms with Gasteiger partial charge < -0.3 is 10.1 Å². The Morgan fingerprint density at radius 1 is 1.45 bits per heavy atom. The van der Waals surface area contributed by atoms with Crippen LogP contribution in [-0.4, -0.2) is 26.3 Å². The molecule has 0 saturated heterocycles. The van der Waals surface area contributed by atoms with E-state index in [2.05, 4.69) is 12.4 Å². The van der Waals surface area contributed by atoms with Crippen LogP contribution in [0.3, 0.4) is 0 Å². The summed E-state index contributed by atoms with van der Waals surface area (Å²) in [6, 6.07) is 0.737. The Morgan fingerprint density at radius 2 is 2.18 bits per heavy atom. The molecule has 0 heterocycles. The quantitative estimate of drug-likeness (QED) is 0.646. The molecule has 0 bridgehead atoms. The highest BCUT2D eigenvalue weighted by molar-refractivity contribution is 5.11. The minimum absolute atomic E-state index is 0.545. The Labute approximate surface area is 68.3 Å². The van der Waals surface area contributed by atoms with Crippen LogP contribution in [-0.2, 0) is 4.74 Å². The van der Waals surface area contributed by atoms with Crippen molar-refractivity contribution >= 4 is 0 Å². The van der Waals surface area contributed by atoms with Crippen molar-refractivity contribution < 1.29 is 4.74 Å². The van der Waals surface area contributed by atoms with Crippen molar-refractivity contribution in [2.45, 2.75) is 37.8 Å². The Bertz CT molecular complexity index is 142. The van der Waals surface area contributed by atoms with Gasteiger partial charge in [0.2, 0.25) is 0 Å². The van der Waals surface area contributed by atoms with Gasteiger partial charge in [-0.25, -0.2) is 0 Å². The molecule has 0 radical (unpaired) electrons. The van der Waals surface area contributed by atoms with Crippen LogP contribution < -0.4 is 5.32 Å². The van der Waals surface area contributed by atoms with E-state index in [1.54, 1.807) is 0 Å². The lowest BCUT2D eigenvalue weighted by Crippen LogP contribution is -2.65. The summed E-state index contributed by atoms with van der Waals surface area (Å²) in [6.07, 6.45) is 5.91. The van der Waals surface area contributed by atoms with E-state index in [1.807, 2.05) is 7.11 Å². The Hall–Kier alpha value is -0.0800. The fourth-order valence-electron chi connectivity index (χ4n) is 2.74. The number of ether oxygens (including phenoxy) is 1. The number of methoxy groups -OCH3 is 1. The number of hydrogen-bond acceptors (Lipinski definition) is 2. The van der Waals surface area contributed by atoms with Gasteiger partial charge in [0, 0.05) is 18.6 Å². The smallest absolute Gasteiger partial charge is 0.0657 e. The molecule has 0 aromatic carbocycles. The van der Waals surface area contributed by atoms with Gasteiger partial charge in [0.25, 0.3) is 0 Å². The van der Waals surface area contributed by atoms with E-state index in [0.717, 1.165) is 6.04 Å². The van der Waals surface area contributed by atoms with E-state index >= 15 is 0 Å². The lowest BCUT2D eigenvalue weighted by Gasteiger charge is -2.60. The number of nitrogens with one attached hydrogen (secondary N) is 1. The molecule has 0 aromatic rings. The van der Waals surface area contributed by atoms with Gasteiger partial charge in [-0.3, -0.25) is 0 Å². The van der Waals surface area contributed by atoms with E-state index in [4.69, 9.17) is 4.74 Å². The Morgan fingerprint density at radius 3 is 2.55 bits per heavy atom. The van der Waals surface area contributed by atoms with E-state index < -0.39 is 0 Å². The summed E-state index contributed by atoms with van der Waals surface area (Å²) < 4.78 is 5.44. The summed E-state index contributed by atoms with van der Waals surface area (Å²) in [4.78, 5) is 0. The summed E-state index contributed by atoms with van der Waals surface area (Å²) in [5, 5.41) is 3.38. The zero-order valence-corrected chi connectivity index (χ0v) is 7.39. The molecule has 0 unspecified atom stereocenters. The third-order valence-corrected chi connectivity index (χ3v) is 3.70. The maximum absolute atomic E-state index is 5.44. The van der Waals surface area contributed by atoms with Crippen LogP contribution in [0.5, 0.6) is 0 Å². The molecule has 11 heavy (non-hydrogen) atoms. The van der Waals surface area contributed by atoms with Gasteiger partial charge in [-0.15, -0.1) is 0 Å². The Kier molecular flexibility index (Phi) is 1.69. The molecule has 2 aliphatic carbocycles. The molecule has 1 spiro atoms. The lowest BCUT2D eigenvalue weighted by molar-refractivity contribution is -0.159. The zero-order chi connectivity index (χ0) is 7.90. The van der Waals surface area contributed by atoms with Gasteiger partial charge in [-0.2, -0.15) is 0 Å². The van der Waals surface area contributed by atoms with Crippen LogP contribution in [0.1, 0.15) is 25.7 Å². The van der Waals surface area contributed by atoms with Gasteiger partial charge >= 0.3 is 0 Å². The van der Waals surface area contributed by atoms with Crippen LogP contribution in [0.4, 0.5) is 0 Å². The molecular weight excluding hydrogens is 138 g/mol. The lowest BCUT2D eigenvalue weighted by atomic mass is 9.51. The third-order valence-electron chi connectivity index (χ3n) is 3.70. The molecule has 2 aliphatic rings. The molecular formula is C9H17NO. The van der Waals surface area contributed by atoms with Crippen molar-refractivity contribution in [3.8, 4) is 0 Å². The van der Waals surface area contributed by atoms with Crippen molar-refractivity contribution in [1.82, 2.24) is 5.32 Å². The minimum Gasteiger partial charge on any atom is -0.381 e. The largest absolute Gasteiger partial charge is 0.381 e. The molecule has 2 saturated carbocycles. The van der Waals surface area contributed by atoms with Gasteiger partial charge in [0.15, 0.2) is 0 Å². The van der Waals surface area contributed by atoms with Crippen molar-refractivity contribution in [2.75, 3.05) is 14.2 Å². The van der Waals surface area contributed by atoms with E-state index in [1.165, 1.54) is 25.7 Å². The van der Waals surface area contributed by atoms with Crippen molar-refractivity contribution in [3.05, 3.63) is 0 Å². The first-order chi connectivity index (χ1) is 5.33. The minimum atomic E-state index is 0.545. The molecule has 1 N–H and O–H groups in total. The standard InChI is InChI=1S/C9H17NO/c1-10-7-6-8(11-2)9(7)4-3-5-9/h7-8,10H,3-6H2,1-2H3/t7-,8-/m1/s1. The van der Waals surface area contributed by atoms with E-state index in [-0.39, 0.29) is 0 Å². The first-order valence-electron chi connectivity index (χ1n) is 4.53. The molecule has 0 amide bonds. The number of hydrogen-bond donors (Lipinski definition) is 1. The highest BCUT2D eigenvalue weighted by atomic mass is 16.5. The zero-order valence-electron chi connectivity index (χ0n) is 7.39. The fourth-order valence-corrected chi connectivity index (χ4v) is 2.74. The molecule has 64 valence electrons. The van der Waals surface area contributed by atoms with Gasteiger partial charge in [0.05, 0.1) is 6.10 Å². The highest BCUT2D eigenvalue weighted by Gasteiger charge is 2.57. The summed E-state index contributed by atoms with van der Waals surface area (Å²) in [7, 11) is 3.91. The van der Waals surface area contributed by atoms with Crippen LogP contribution in [0, 0.1) is 5.41 Å². The van der Waals surface area contributed by atoms with Gasteiger partial charge in [-0.05, 0) is 26.3 Å². The predicted octanol–water partition coefficient (Wildman–Crippen LogP) is 1.16. The van der Waals surface area contributed by atoms with Crippen LogP contribution in [0.25, 0.3) is 0 Å². The molecule has 0 aromatic heterocycles. The molecule has 2 atom stereocenters. The first kappa shape index (κ1) is 7.56. The van der Waals surface area contributed by atoms with Crippen LogP contribution in [0.15, 0.2) is 0 Å². The average Bonchev–Trinajstić information content (AvgIpc) is 1.84. The first-order valence-corrected chi connectivity index (χ1v) is 4.53. The van der Waals surface area contributed by atoms with Crippen molar-refractivity contribution in [3.63, 3.8) is 0 Å². The maximum atomic E-state index is 5.44. The summed E-state index contributed by atoms with van der Waals surface area (Å²) in [6.45, 7) is 0. The molecule has 0 aliphatic heterocycles. The van der Waals surface area contributed by atoms with E-state index in [9.17, 15) is 0 Å². The summed E-state index contributed by atoms with van der Waals surface area (Å²) in [5.74, 6) is 0. The second-order valence-electron chi connectivity index (χ2n) is 3.89. The SMILES string of the molecule is CN[C@@H]1C[C@@H](OC)C12CCC2. The second-order valence-corrected chi connectivity index (χ2v) is 3.89. The summed E-state index contributed by atoms with van der Waals surface area (Å²) in [5.41, 5.74) is 0.545. The molecule has 2 fully saturated rings. The fraction of sp³-hybridized carbons (Fsp3) is 1.00. The van der Waals surface area contributed by atoms with Crippen molar-refractivity contribution in [2.24, 2.45) is 5.41 Å². The van der Waals surface area contributed by atoms with Crippen molar-refractivity contribution in [1.29, 1.82) is 0 Å². The predicted molar refractivity (Wildman–Crippen MR) is 44.5 cm³/mol. The van der Waals surface area contributed by atoms with Gasteiger partial charge in [0.1, 0.15) is 0 Å².